The number of aryl methyl sites for hydroxylation is 1. The van der Waals surface area contributed by atoms with E-state index in [0.29, 0.717) is 0 Å². The van der Waals surface area contributed by atoms with Gasteiger partial charge in [-0.25, -0.2) is 0 Å². The highest BCUT2D eigenvalue weighted by Crippen LogP contribution is 2.14. The van der Waals surface area contributed by atoms with Gasteiger partial charge in [-0.3, -0.25) is 0 Å². The summed E-state index contributed by atoms with van der Waals surface area (Å²) < 4.78 is 1.03. The second-order valence-corrected chi connectivity index (χ2v) is 3.75. The van der Waals surface area contributed by atoms with Crippen molar-refractivity contribution in [1.29, 1.82) is 0 Å². The van der Waals surface area contributed by atoms with E-state index in [1.54, 1.807) is 0 Å². The third-order valence-electron chi connectivity index (χ3n) is 1.23. The highest BCUT2D eigenvalue weighted by atomic mass is 127. The van der Waals surface area contributed by atoms with Crippen LogP contribution in [-0.2, 0) is 0 Å². The summed E-state index contributed by atoms with van der Waals surface area (Å²) in [6.45, 7) is 2.01. The summed E-state index contributed by atoms with van der Waals surface area (Å²) in [6, 6.07) is 3.95. The van der Waals surface area contributed by atoms with E-state index in [0.717, 1.165) is 19.5 Å². The molecule has 0 spiro atoms. The zero-order valence-electron chi connectivity index (χ0n) is 5.56. The van der Waals surface area contributed by atoms with Gasteiger partial charge in [0, 0.05) is 8.47 Å². The Morgan fingerprint density at radius 3 is 2.60 bits per heavy atom. The SMILES string of the molecule is [B]c1cc(C)cc(S)c1I. The molecule has 0 saturated carbocycles. The van der Waals surface area contributed by atoms with Gasteiger partial charge in [-0.2, -0.15) is 0 Å². The van der Waals surface area contributed by atoms with Crippen molar-refractivity contribution >= 4 is 48.5 Å². The fraction of sp³-hybridized carbons (Fsp3) is 0.143. The largest absolute Gasteiger partial charge is 0.142 e. The Hall–Kier alpha value is 0.365. The van der Waals surface area contributed by atoms with Gasteiger partial charge in [0.1, 0.15) is 7.85 Å². The van der Waals surface area contributed by atoms with Crippen LogP contribution in [0.1, 0.15) is 5.56 Å². The summed E-state index contributed by atoms with van der Waals surface area (Å²) in [4.78, 5) is 0.957. The summed E-state index contributed by atoms with van der Waals surface area (Å²) in [7, 11) is 5.67. The smallest absolute Gasteiger partial charge is 0.115 e. The number of rotatable bonds is 0. The quantitative estimate of drug-likeness (QED) is 0.409. The van der Waals surface area contributed by atoms with E-state index in [2.05, 4.69) is 35.2 Å². The van der Waals surface area contributed by atoms with Gasteiger partial charge in [-0.15, -0.1) is 12.6 Å². The number of halogens is 1. The van der Waals surface area contributed by atoms with Gasteiger partial charge in [-0.1, -0.05) is 17.1 Å². The lowest BCUT2D eigenvalue weighted by Crippen LogP contribution is -2.08. The molecule has 50 valence electrons. The number of hydrogen-bond donors (Lipinski definition) is 1. The molecule has 0 unspecified atom stereocenters. The maximum Gasteiger partial charge on any atom is 0.115 e. The Bertz CT molecular complexity index is 237. The van der Waals surface area contributed by atoms with Crippen LogP contribution in [-0.4, -0.2) is 7.85 Å². The zero-order chi connectivity index (χ0) is 7.72. The summed E-state index contributed by atoms with van der Waals surface area (Å²) in [5.41, 5.74) is 1.97. The van der Waals surface area contributed by atoms with E-state index >= 15 is 0 Å². The highest BCUT2D eigenvalue weighted by molar-refractivity contribution is 14.1. The van der Waals surface area contributed by atoms with E-state index in [9.17, 15) is 0 Å². The lowest BCUT2D eigenvalue weighted by atomic mass is 9.95. The Labute approximate surface area is 81.4 Å². The Balaban J connectivity index is 3.31. The van der Waals surface area contributed by atoms with Crippen LogP contribution in [0.5, 0.6) is 0 Å². The minimum atomic E-state index is 0.811. The molecule has 0 atom stereocenters. The normalized spacial score (nSPS) is 9.90. The van der Waals surface area contributed by atoms with Crippen molar-refractivity contribution < 1.29 is 0 Å². The first-order valence-corrected chi connectivity index (χ1v) is 4.38. The van der Waals surface area contributed by atoms with Gasteiger partial charge in [0.25, 0.3) is 0 Å². The van der Waals surface area contributed by atoms with Crippen LogP contribution in [0.4, 0.5) is 0 Å². The maximum absolute atomic E-state index is 5.67. The topological polar surface area (TPSA) is 0 Å². The van der Waals surface area contributed by atoms with Crippen LogP contribution in [0.15, 0.2) is 17.0 Å². The molecule has 0 N–H and O–H groups in total. The molecule has 1 aromatic rings. The molecule has 0 aliphatic carbocycles. The van der Waals surface area contributed by atoms with Crippen molar-refractivity contribution in [2.75, 3.05) is 0 Å². The molecule has 0 aromatic heterocycles. The lowest BCUT2D eigenvalue weighted by molar-refractivity contribution is 1.36. The predicted octanol–water partition coefficient (Wildman–Crippen LogP) is 1.68. The molecule has 1 rings (SSSR count). The van der Waals surface area contributed by atoms with Gasteiger partial charge in [-0.05, 0) is 35.6 Å². The molecule has 0 bridgehead atoms. The molecule has 0 aliphatic heterocycles. The van der Waals surface area contributed by atoms with E-state index < -0.39 is 0 Å². The third-order valence-corrected chi connectivity index (χ3v) is 3.21. The Kier molecular flexibility index (Phi) is 2.69. The molecule has 0 amide bonds. The summed E-state index contributed by atoms with van der Waals surface area (Å²) >= 11 is 6.43. The van der Waals surface area contributed by atoms with Gasteiger partial charge < -0.3 is 0 Å². The van der Waals surface area contributed by atoms with Crippen molar-refractivity contribution in [2.24, 2.45) is 0 Å². The van der Waals surface area contributed by atoms with Crippen LogP contribution in [0.2, 0.25) is 0 Å². The van der Waals surface area contributed by atoms with E-state index in [4.69, 9.17) is 7.85 Å². The lowest BCUT2D eigenvalue weighted by Gasteiger charge is -2.02. The second-order valence-electron chi connectivity index (χ2n) is 2.19. The summed E-state index contributed by atoms with van der Waals surface area (Å²) in [5.74, 6) is 0. The Morgan fingerprint density at radius 2 is 2.10 bits per heavy atom. The minimum Gasteiger partial charge on any atom is -0.142 e. The van der Waals surface area contributed by atoms with Crippen molar-refractivity contribution in [2.45, 2.75) is 11.8 Å². The molecule has 0 nitrogen and oxygen atoms in total. The van der Waals surface area contributed by atoms with Crippen LogP contribution in [0.25, 0.3) is 0 Å². The fourth-order valence-electron chi connectivity index (χ4n) is 0.777. The molecule has 0 aliphatic rings. The number of benzene rings is 1. The average Bonchev–Trinajstić information content (AvgIpc) is 1.82. The monoisotopic (exact) mass is 260 g/mol. The molecular formula is C7H6BIS. The maximum atomic E-state index is 5.67. The predicted molar refractivity (Wildman–Crippen MR) is 56.5 cm³/mol. The standard InChI is InChI=1S/C7H6BIS/c1-4-2-5(8)7(9)6(10)3-4/h2-3,10H,1H3. The second kappa shape index (κ2) is 3.18. The molecule has 10 heavy (non-hydrogen) atoms. The van der Waals surface area contributed by atoms with Gasteiger partial charge in [0.15, 0.2) is 0 Å². The minimum absolute atomic E-state index is 0.811. The molecule has 0 saturated heterocycles. The average molecular weight is 260 g/mol. The van der Waals surface area contributed by atoms with Crippen molar-refractivity contribution in [3.05, 3.63) is 21.3 Å². The van der Waals surface area contributed by atoms with Gasteiger partial charge >= 0.3 is 0 Å². The van der Waals surface area contributed by atoms with Crippen LogP contribution < -0.4 is 5.46 Å². The first-order chi connectivity index (χ1) is 4.61. The van der Waals surface area contributed by atoms with Crippen LogP contribution in [0, 0.1) is 10.5 Å². The number of thiol groups is 1. The molecular weight excluding hydrogens is 254 g/mol. The first kappa shape index (κ1) is 8.46. The number of hydrogen-bond acceptors (Lipinski definition) is 1. The van der Waals surface area contributed by atoms with Gasteiger partial charge in [0.05, 0.1) is 0 Å². The van der Waals surface area contributed by atoms with Crippen LogP contribution >= 0.6 is 35.2 Å². The molecule has 2 radical (unpaired) electrons. The zero-order valence-corrected chi connectivity index (χ0v) is 8.61. The van der Waals surface area contributed by atoms with Crippen LogP contribution in [0.3, 0.4) is 0 Å². The van der Waals surface area contributed by atoms with E-state index in [1.807, 2.05) is 19.1 Å². The molecule has 3 heteroatoms. The van der Waals surface area contributed by atoms with E-state index in [1.165, 1.54) is 0 Å². The highest BCUT2D eigenvalue weighted by Gasteiger charge is 1.98. The Morgan fingerprint density at radius 1 is 1.50 bits per heavy atom. The first-order valence-electron chi connectivity index (χ1n) is 2.86. The summed E-state index contributed by atoms with van der Waals surface area (Å²) in [5, 5.41) is 0. The van der Waals surface area contributed by atoms with Crippen molar-refractivity contribution in [3.63, 3.8) is 0 Å². The fourth-order valence-corrected chi connectivity index (χ4v) is 1.42. The van der Waals surface area contributed by atoms with Gasteiger partial charge in [0.2, 0.25) is 0 Å². The summed E-state index contributed by atoms with van der Waals surface area (Å²) in [6.07, 6.45) is 0. The van der Waals surface area contributed by atoms with Crippen molar-refractivity contribution in [1.82, 2.24) is 0 Å². The third kappa shape index (κ3) is 1.69. The molecule has 0 fully saturated rings. The van der Waals surface area contributed by atoms with E-state index in [-0.39, 0.29) is 0 Å². The molecule has 1 aromatic carbocycles. The van der Waals surface area contributed by atoms with Crippen molar-refractivity contribution in [3.8, 4) is 0 Å². The molecule has 0 heterocycles.